The van der Waals surface area contributed by atoms with E-state index in [9.17, 15) is 13.2 Å². The minimum absolute atomic E-state index is 0.542. The predicted molar refractivity (Wildman–Crippen MR) is 37.9 cm³/mol. The summed E-state index contributed by atoms with van der Waals surface area (Å²) >= 11 is 3.06. The van der Waals surface area contributed by atoms with Crippen molar-refractivity contribution >= 4 is 15.9 Å². The summed E-state index contributed by atoms with van der Waals surface area (Å²) in [6, 6.07) is 0. The first-order chi connectivity index (χ1) is 4.68. The fourth-order valence-corrected chi connectivity index (χ4v) is 0.577. The Morgan fingerprint density at radius 2 is 1.90 bits per heavy atom. The first-order valence-electron chi connectivity index (χ1n) is 2.61. The van der Waals surface area contributed by atoms with Crippen molar-refractivity contribution in [1.29, 1.82) is 0 Å². The van der Waals surface area contributed by atoms with Gasteiger partial charge in [-0.1, -0.05) is 22.0 Å². The number of rotatable bonds is 3. The third-order valence-electron chi connectivity index (χ3n) is 0.720. The zero-order valence-corrected chi connectivity index (χ0v) is 6.67. The Kier molecular flexibility index (Phi) is 5.39. The minimum Gasteiger partial charge on any atom is -0.201 e. The Labute approximate surface area is 65.5 Å². The molecule has 0 aromatic rings. The van der Waals surface area contributed by atoms with Gasteiger partial charge in [-0.05, 0) is 12.5 Å². The van der Waals surface area contributed by atoms with E-state index in [1.807, 2.05) is 0 Å². The summed E-state index contributed by atoms with van der Waals surface area (Å²) in [5.74, 6) is -1.46. The van der Waals surface area contributed by atoms with E-state index in [0.29, 0.717) is 11.8 Å². The molecule has 0 aromatic heterocycles. The van der Waals surface area contributed by atoms with Gasteiger partial charge in [0.15, 0.2) is 5.83 Å². The SMILES string of the molecule is FC(F)=C(F)C=CCCBr. The lowest BCUT2D eigenvalue weighted by Crippen LogP contribution is -1.70. The van der Waals surface area contributed by atoms with Crippen molar-refractivity contribution in [3.8, 4) is 0 Å². The lowest BCUT2D eigenvalue weighted by atomic mass is 10.4. The highest BCUT2D eigenvalue weighted by molar-refractivity contribution is 9.09. The third kappa shape index (κ3) is 4.61. The summed E-state index contributed by atoms with van der Waals surface area (Å²) < 4.78 is 34.5. The molecule has 0 aromatic carbocycles. The standard InChI is InChI=1S/C6H6BrF3/c7-4-2-1-3-5(8)6(9)10/h1,3H,2,4H2. The predicted octanol–water partition coefficient (Wildman–Crippen LogP) is 3.41. The maximum Gasteiger partial charge on any atom is 0.305 e. The van der Waals surface area contributed by atoms with Gasteiger partial charge in [-0.3, -0.25) is 0 Å². The van der Waals surface area contributed by atoms with Crippen molar-refractivity contribution in [3.05, 3.63) is 24.1 Å². The van der Waals surface area contributed by atoms with Crippen molar-refractivity contribution < 1.29 is 13.2 Å². The zero-order valence-electron chi connectivity index (χ0n) is 5.08. The Balaban J connectivity index is 3.78. The van der Waals surface area contributed by atoms with Crippen LogP contribution in [-0.2, 0) is 0 Å². The molecule has 0 aliphatic heterocycles. The first-order valence-corrected chi connectivity index (χ1v) is 3.74. The molecule has 0 saturated carbocycles. The van der Waals surface area contributed by atoms with Crippen LogP contribution in [0, 0.1) is 0 Å². The van der Waals surface area contributed by atoms with E-state index < -0.39 is 11.9 Å². The Morgan fingerprint density at radius 1 is 1.30 bits per heavy atom. The van der Waals surface area contributed by atoms with Crippen LogP contribution in [0.25, 0.3) is 0 Å². The van der Waals surface area contributed by atoms with Gasteiger partial charge in [0.1, 0.15) is 0 Å². The first kappa shape index (κ1) is 9.75. The third-order valence-corrected chi connectivity index (χ3v) is 1.18. The van der Waals surface area contributed by atoms with Gasteiger partial charge < -0.3 is 0 Å². The molecule has 0 bridgehead atoms. The molecule has 0 spiro atoms. The summed E-state index contributed by atoms with van der Waals surface area (Å²) in [5.41, 5.74) is 0. The smallest absolute Gasteiger partial charge is 0.201 e. The van der Waals surface area contributed by atoms with E-state index in [1.165, 1.54) is 6.08 Å². The molecule has 0 aliphatic rings. The van der Waals surface area contributed by atoms with Gasteiger partial charge in [-0.2, -0.15) is 8.78 Å². The van der Waals surface area contributed by atoms with Crippen LogP contribution in [0.2, 0.25) is 0 Å². The molecular formula is C6H6BrF3. The van der Waals surface area contributed by atoms with Crippen LogP contribution in [0.15, 0.2) is 24.1 Å². The molecule has 10 heavy (non-hydrogen) atoms. The minimum atomic E-state index is -2.27. The fourth-order valence-electron chi connectivity index (χ4n) is 0.313. The van der Waals surface area contributed by atoms with Crippen LogP contribution in [0.3, 0.4) is 0 Å². The van der Waals surface area contributed by atoms with Crippen LogP contribution in [0.4, 0.5) is 13.2 Å². The maximum absolute atomic E-state index is 11.9. The molecule has 4 heteroatoms. The topological polar surface area (TPSA) is 0 Å². The highest BCUT2D eigenvalue weighted by atomic mass is 79.9. The van der Waals surface area contributed by atoms with E-state index in [4.69, 9.17) is 0 Å². The molecule has 0 amide bonds. The second-order valence-corrected chi connectivity index (χ2v) is 2.28. The van der Waals surface area contributed by atoms with Gasteiger partial charge >= 0.3 is 6.08 Å². The molecule has 0 nitrogen and oxygen atoms in total. The van der Waals surface area contributed by atoms with Crippen molar-refractivity contribution in [2.75, 3.05) is 5.33 Å². The zero-order chi connectivity index (χ0) is 7.98. The summed E-state index contributed by atoms with van der Waals surface area (Å²) in [6.45, 7) is 0. The highest BCUT2D eigenvalue weighted by Crippen LogP contribution is 2.10. The number of allylic oxidation sites excluding steroid dienone is 3. The molecule has 0 saturated heterocycles. The Bertz CT molecular complexity index is 147. The van der Waals surface area contributed by atoms with Crippen molar-refractivity contribution in [3.63, 3.8) is 0 Å². The van der Waals surface area contributed by atoms with Gasteiger partial charge in [0.25, 0.3) is 0 Å². The van der Waals surface area contributed by atoms with Gasteiger partial charge in [0, 0.05) is 5.33 Å². The fraction of sp³-hybridized carbons (Fsp3) is 0.333. The van der Waals surface area contributed by atoms with Crippen LogP contribution >= 0.6 is 15.9 Å². The van der Waals surface area contributed by atoms with Gasteiger partial charge in [0.05, 0.1) is 0 Å². The number of halogens is 4. The molecule has 0 rings (SSSR count). The highest BCUT2D eigenvalue weighted by Gasteiger charge is 1.97. The second-order valence-electron chi connectivity index (χ2n) is 1.49. The van der Waals surface area contributed by atoms with Gasteiger partial charge in [-0.15, -0.1) is 0 Å². The van der Waals surface area contributed by atoms with E-state index in [0.717, 1.165) is 6.08 Å². The molecule has 0 aliphatic carbocycles. The van der Waals surface area contributed by atoms with Crippen molar-refractivity contribution in [2.24, 2.45) is 0 Å². The molecule has 0 heterocycles. The molecular weight excluding hydrogens is 209 g/mol. The normalized spacial score (nSPS) is 10.4. The van der Waals surface area contributed by atoms with E-state index >= 15 is 0 Å². The molecule has 0 radical (unpaired) electrons. The Hall–Kier alpha value is -0.250. The van der Waals surface area contributed by atoms with E-state index in [1.54, 1.807) is 0 Å². The largest absolute Gasteiger partial charge is 0.305 e. The van der Waals surface area contributed by atoms with Gasteiger partial charge in [0.2, 0.25) is 0 Å². The Morgan fingerprint density at radius 3 is 2.30 bits per heavy atom. The summed E-state index contributed by atoms with van der Waals surface area (Å²) in [4.78, 5) is 0. The summed E-state index contributed by atoms with van der Waals surface area (Å²) in [6.07, 6.45) is 0.367. The lowest BCUT2D eigenvalue weighted by molar-refractivity contribution is 0.387. The van der Waals surface area contributed by atoms with Crippen LogP contribution in [0.1, 0.15) is 6.42 Å². The summed E-state index contributed by atoms with van der Waals surface area (Å²) in [5, 5.41) is 0.644. The average Bonchev–Trinajstić information content (AvgIpc) is 1.88. The number of hydrogen-bond acceptors (Lipinski definition) is 0. The molecule has 58 valence electrons. The van der Waals surface area contributed by atoms with Crippen LogP contribution in [0.5, 0.6) is 0 Å². The van der Waals surface area contributed by atoms with Crippen molar-refractivity contribution in [2.45, 2.75) is 6.42 Å². The van der Waals surface area contributed by atoms with Gasteiger partial charge in [-0.25, -0.2) is 4.39 Å². The summed E-state index contributed by atoms with van der Waals surface area (Å²) in [7, 11) is 0. The van der Waals surface area contributed by atoms with E-state index in [-0.39, 0.29) is 0 Å². The number of hydrogen-bond donors (Lipinski definition) is 0. The van der Waals surface area contributed by atoms with Crippen LogP contribution in [-0.4, -0.2) is 5.33 Å². The second kappa shape index (κ2) is 5.53. The molecule has 0 fully saturated rings. The van der Waals surface area contributed by atoms with E-state index in [2.05, 4.69) is 15.9 Å². The average molecular weight is 215 g/mol. The molecule has 0 unspecified atom stereocenters. The number of alkyl halides is 1. The quantitative estimate of drug-likeness (QED) is 0.499. The molecule has 0 N–H and O–H groups in total. The monoisotopic (exact) mass is 214 g/mol. The van der Waals surface area contributed by atoms with Crippen LogP contribution < -0.4 is 0 Å². The lowest BCUT2D eigenvalue weighted by Gasteiger charge is -1.83. The van der Waals surface area contributed by atoms with Crippen molar-refractivity contribution in [1.82, 2.24) is 0 Å². The molecule has 0 atom stereocenters. The maximum atomic E-state index is 11.9.